The summed E-state index contributed by atoms with van der Waals surface area (Å²) < 4.78 is 18.3. The van der Waals surface area contributed by atoms with Gasteiger partial charge < -0.3 is 10.1 Å². The largest absolute Gasteiger partial charge is 0.494 e. The number of nitrogens with one attached hydrogen (secondary N) is 1. The van der Waals surface area contributed by atoms with Crippen LogP contribution in [-0.2, 0) is 6.54 Å². The predicted molar refractivity (Wildman–Crippen MR) is 71.4 cm³/mol. The third-order valence-electron chi connectivity index (χ3n) is 2.73. The molecule has 0 heterocycles. The lowest BCUT2D eigenvalue weighted by Crippen LogP contribution is -2.00. The van der Waals surface area contributed by atoms with Crippen molar-refractivity contribution in [3.63, 3.8) is 0 Å². The monoisotopic (exact) mass is 256 g/mol. The Labute approximate surface area is 111 Å². The van der Waals surface area contributed by atoms with Gasteiger partial charge in [0.25, 0.3) is 0 Å². The van der Waals surface area contributed by atoms with Crippen LogP contribution in [0.1, 0.15) is 11.1 Å². The van der Waals surface area contributed by atoms with Gasteiger partial charge in [0.15, 0.2) is 11.6 Å². The van der Waals surface area contributed by atoms with Gasteiger partial charge in [0.1, 0.15) is 0 Å². The first kappa shape index (κ1) is 12.9. The minimum atomic E-state index is -0.373. The highest BCUT2D eigenvalue weighted by Crippen LogP contribution is 2.18. The molecule has 0 atom stereocenters. The topological polar surface area (TPSA) is 45.0 Å². The van der Waals surface area contributed by atoms with Crippen LogP contribution in [0.2, 0.25) is 0 Å². The summed E-state index contributed by atoms with van der Waals surface area (Å²) in [4.78, 5) is 0. The lowest BCUT2D eigenvalue weighted by atomic mass is 10.2. The summed E-state index contributed by atoms with van der Waals surface area (Å²) in [6.07, 6.45) is 0. The van der Waals surface area contributed by atoms with Crippen LogP contribution in [0.15, 0.2) is 42.5 Å². The first-order valence-electron chi connectivity index (χ1n) is 5.79. The zero-order valence-electron chi connectivity index (χ0n) is 10.5. The van der Waals surface area contributed by atoms with E-state index in [1.807, 2.05) is 12.1 Å². The maximum atomic E-state index is 13.5. The van der Waals surface area contributed by atoms with E-state index in [1.165, 1.54) is 13.2 Å². The van der Waals surface area contributed by atoms with E-state index in [1.54, 1.807) is 24.3 Å². The quantitative estimate of drug-likeness (QED) is 0.912. The number of nitriles is 1. The summed E-state index contributed by atoms with van der Waals surface area (Å²) in [7, 11) is 1.44. The molecule has 2 aromatic rings. The molecule has 0 spiro atoms. The number of benzene rings is 2. The molecule has 3 nitrogen and oxygen atoms in total. The zero-order valence-corrected chi connectivity index (χ0v) is 10.5. The molecule has 0 bridgehead atoms. The second-order valence-corrected chi connectivity index (χ2v) is 4.01. The lowest BCUT2D eigenvalue weighted by molar-refractivity contribution is 0.386. The van der Waals surface area contributed by atoms with Gasteiger partial charge in [-0.1, -0.05) is 6.07 Å². The third kappa shape index (κ3) is 3.23. The van der Waals surface area contributed by atoms with Gasteiger partial charge in [0.2, 0.25) is 0 Å². The van der Waals surface area contributed by atoms with Crippen LogP contribution >= 0.6 is 0 Å². The van der Waals surface area contributed by atoms with E-state index in [4.69, 9.17) is 10.00 Å². The molecular formula is C15H13FN2O. The van der Waals surface area contributed by atoms with Gasteiger partial charge in [-0.05, 0) is 42.0 Å². The molecule has 0 unspecified atom stereocenters. The third-order valence-corrected chi connectivity index (χ3v) is 2.73. The molecule has 2 aromatic carbocycles. The fourth-order valence-corrected chi connectivity index (χ4v) is 1.69. The van der Waals surface area contributed by atoms with Crippen molar-refractivity contribution in [2.45, 2.75) is 6.54 Å². The normalized spacial score (nSPS) is 9.74. The Kier molecular flexibility index (Phi) is 3.99. The van der Waals surface area contributed by atoms with E-state index in [-0.39, 0.29) is 11.6 Å². The summed E-state index contributed by atoms with van der Waals surface area (Å²) in [5, 5.41) is 11.9. The van der Waals surface area contributed by atoms with E-state index in [0.717, 1.165) is 11.3 Å². The van der Waals surface area contributed by atoms with Crippen molar-refractivity contribution in [1.29, 1.82) is 5.26 Å². The number of anilines is 1. The molecular weight excluding hydrogens is 243 g/mol. The lowest BCUT2D eigenvalue weighted by Gasteiger charge is -2.08. The highest BCUT2D eigenvalue weighted by atomic mass is 19.1. The molecule has 0 aliphatic heterocycles. The van der Waals surface area contributed by atoms with Gasteiger partial charge >= 0.3 is 0 Å². The Bertz CT molecular complexity index is 603. The Balaban J connectivity index is 2.02. The molecule has 0 radical (unpaired) electrons. The molecule has 2 rings (SSSR count). The van der Waals surface area contributed by atoms with Crippen molar-refractivity contribution >= 4 is 5.69 Å². The SMILES string of the molecule is COc1ccc(CNc2ccc(C#N)cc2)cc1F. The number of halogens is 1. The fourth-order valence-electron chi connectivity index (χ4n) is 1.69. The van der Waals surface area contributed by atoms with Gasteiger partial charge in [-0.3, -0.25) is 0 Å². The molecule has 0 aliphatic rings. The van der Waals surface area contributed by atoms with E-state index in [0.29, 0.717) is 12.1 Å². The molecule has 0 fully saturated rings. The number of hydrogen-bond acceptors (Lipinski definition) is 3. The van der Waals surface area contributed by atoms with Crippen molar-refractivity contribution in [2.75, 3.05) is 12.4 Å². The Morgan fingerprint density at radius 3 is 2.53 bits per heavy atom. The number of ether oxygens (including phenoxy) is 1. The standard InChI is InChI=1S/C15H13FN2O/c1-19-15-7-4-12(8-14(15)16)10-18-13-5-2-11(9-17)3-6-13/h2-8,18H,10H2,1H3. The molecule has 0 aliphatic carbocycles. The number of rotatable bonds is 4. The minimum Gasteiger partial charge on any atom is -0.494 e. The predicted octanol–water partition coefficient (Wildman–Crippen LogP) is 3.32. The van der Waals surface area contributed by atoms with E-state index >= 15 is 0 Å². The van der Waals surface area contributed by atoms with Crippen molar-refractivity contribution < 1.29 is 9.13 Å². The van der Waals surface area contributed by atoms with Crippen molar-refractivity contribution in [3.8, 4) is 11.8 Å². The van der Waals surface area contributed by atoms with Crippen LogP contribution in [0.5, 0.6) is 5.75 Å². The van der Waals surface area contributed by atoms with E-state index < -0.39 is 0 Å². The highest BCUT2D eigenvalue weighted by Gasteiger charge is 2.03. The summed E-state index contributed by atoms with van der Waals surface area (Å²) in [6.45, 7) is 0.507. The van der Waals surface area contributed by atoms with Gasteiger partial charge in [-0.25, -0.2) is 4.39 Å². The number of methoxy groups -OCH3 is 1. The zero-order chi connectivity index (χ0) is 13.7. The molecule has 0 aromatic heterocycles. The average molecular weight is 256 g/mol. The van der Waals surface area contributed by atoms with Crippen LogP contribution in [0.4, 0.5) is 10.1 Å². The first-order chi connectivity index (χ1) is 9.22. The van der Waals surface area contributed by atoms with Crippen molar-refractivity contribution in [1.82, 2.24) is 0 Å². The number of hydrogen-bond donors (Lipinski definition) is 1. The van der Waals surface area contributed by atoms with Crippen LogP contribution in [0.25, 0.3) is 0 Å². The molecule has 0 saturated carbocycles. The molecule has 19 heavy (non-hydrogen) atoms. The first-order valence-corrected chi connectivity index (χ1v) is 5.79. The van der Waals surface area contributed by atoms with Crippen LogP contribution in [-0.4, -0.2) is 7.11 Å². The van der Waals surface area contributed by atoms with Crippen molar-refractivity contribution in [3.05, 3.63) is 59.4 Å². The van der Waals surface area contributed by atoms with Crippen LogP contribution in [0.3, 0.4) is 0 Å². The Morgan fingerprint density at radius 2 is 1.95 bits per heavy atom. The molecule has 0 amide bonds. The second kappa shape index (κ2) is 5.87. The van der Waals surface area contributed by atoms with Gasteiger partial charge in [0.05, 0.1) is 18.7 Å². The molecule has 1 N–H and O–H groups in total. The van der Waals surface area contributed by atoms with Crippen molar-refractivity contribution in [2.24, 2.45) is 0 Å². The molecule has 96 valence electrons. The maximum Gasteiger partial charge on any atom is 0.165 e. The fraction of sp³-hybridized carbons (Fsp3) is 0.133. The summed E-state index contributed by atoms with van der Waals surface area (Å²) in [5.74, 6) is -0.135. The smallest absolute Gasteiger partial charge is 0.165 e. The van der Waals surface area contributed by atoms with Gasteiger partial charge in [-0.15, -0.1) is 0 Å². The molecule has 4 heteroatoms. The molecule has 0 saturated heterocycles. The minimum absolute atomic E-state index is 0.238. The van der Waals surface area contributed by atoms with E-state index in [9.17, 15) is 4.39 Å². The van der Waals surface area contributed by atoms with Gasteiger partial charge in [-0.2, -0.15) is 5.26 Å². The second-order valence-electron chi connectivity index (χ2n) is 4.01. The van der Waals surface area contributed by atoms with Crippen LogP contribution < -0.4 is 10.1 Å². The van der Waals surface area contributed by atoms with E-state index in [2.05, 4.69) is 11.4 Å². The Hall–Kier alpha value is -2.54. The Morgan fingerprint density at radius 1 is 1.21 bits per heavy atom. The summed E-state index contributed by atoms with van der Waals surface area (Å²) >= 11 is 0. The average Bonchev–Trinajstić information content (AvgIpc) is 2.46. The van der Waals surface area contributed by atoms with Crippen LogP contribution in [0, 0.1) is 17.1 Å². The van der Waals surface area contributed by atoms with Gasteiger partial charge in [0, 0.05) is 12.2 Å². The number of nitrogens with zero attached hydrogens (tertiary/aromatic N) is 1. The highest BCUT2D eigenvalue weighted by molar-refractivity contribution is 5.47. The summed E-state index contributed by atoms with van der Waals surface area (Å²) in [5.41, 5.74) is 2.32. The summed E-state index contributed by atoms with van der Waals surface area (Å²) in [6, 6.07) is 14.0. The maximum absolute atomic E-state index is 13.5.